The van der Waals surface area contributed by atoms with Crippen LogP contribution >= 0.6 is 12.6 Å². The van der Waals surface area contributed by atoms with Crippen LogP contribution in [0.3, 0.4) is 0 Å². The number of thiol groups is 1. The molecule has 0 fully saturated rings. The van der Waals surface area contributed by atoms with E-state index < -0.39 is 24.5 Å². The van der Waals surface area contributed by atoms with E-state index in [4.69, 9.17) is 10.5 Å². The number of amides is 1. The van der Waals surface area contributed by atoms with Crippen LogP contribution in [0, 0.1) is 0 Å². The fraction of sp³-hybridized carbons (Fsp3) is 0.240. The monoisotopic (exact) mass is 480 g/mol. The summed E-state index contributed by atoms with van der Waals surface area (Å²) in [5.74, 6) is -0.963. The lowest BCUT2D eigenvalue weighted by molar-refractivity contribution is -0.142. The van der Waals surface area contributed by atoms with E-state index in [0.29, 0.717) is 23.7 Å². The molecule has 2 aromatic carbocycles. The molecular formula is C25H28N4O4S. The molecule has 9 heteroatoms. The number of pyridine rings is 1. The number of ether oxygens (including phenoxy) is 1. The van der Waals surface area contributed by atoms with Gasteiger partial charge in [-0.15, -0.1) is 0 Å². The molecule has 1 heterocycles. The third-order valence-electron chi connectivity index (χ3n) is 4.97. The topological polar surface area (TPSA) is 127 Å². The lowest BCUT2D eigenvalue weighted by atomic mass is 10.1. The summed E-state index contributed by atoms with van der Waals surface area (Å²) in [6.45, 7) is 0.0493. The van der Waals surface area contributed by atoms with Gasteiger partial charge in [-0.1, -0.05) is 60.7 Å². The molecule has 0 radical (unpaired) electrons. The molecule has 0 spiro atoms. The van der Waals surface area contributed by atoms with Gasteiger partial charge >= 0.3 is 5.97 Å². The van der Waals surface area contributed by atoms with Crippen molar-refractivity contribution in [3.63, 3.8) is 0 Å². The molecule has 0 saturated heterocycles. The van der Waals surface area contributed by atoms with Crippen molar-refractivity contribution in [1.82, 2.24) is 10.3 Å². The van der Waals surface area contributed by atoms with Gasteiger partial charge in [0.2, 0.25) is 5.88 Å². The first-order valence-electron chi connectivity index (χ1n) is 10.8. The molecule has 5 N–H and O–H groups in total. The quantitative estimate of drug-likeness (QED) is 0.252. The Hall–Kier alpha value is -3.56. The van der Waals surface area contributed by atoms with Gasteiger partial charge in [-0.25, -0.2) is 9.78 Å². The largest absolute Gasteiger partial charge is 0.480 e. The number of nitrogens with two attached hydrogens (primary N) is 1. The highest BCUT2D eigenvalue weighted by Crippen LogP contribution is 2.27. The number of nitrogens with one attached hydrogen (secondary N) is 2. The van der Waals surface area contributed by atoms with E-state index in [0.717, 1.165) is 11.1 Å². The molecule has 34 heavy (non-hydrogen) atoms. The average molecular weight is 481 g/mol. The fourth-order valence-corrected chi connectivity index (χ4v) is 3.31. The van der Waals surface area contributed by atoms with Crippen molar-refractivity contribution in [2.24, 2.45) is 5.73 Å². The minimum absolute atomic E-state index is 0.165. The molecule has 0 saturated carbocycles. The highest BCUT2D eigenvalue weighted by atomic mass is 32.1. The number of carboxylic acid groups (broad SMARTS) is 1. The number of hydrogen-bond donors (Lipinski definition) is 5. The maximum absolute atomic E-state index is 12.5. The summed E-state index contributed by atoms with van der Waals surface area (Å²) < 4.78 is 5.72. The molecule has 3 aromatic rings. The second-order valence-corrected chi connectivity index (χ2v) is 8.04. The van der Waals surface area contributed by atoms with Gasteiger partial charge in [-0.3, -0.25) is 4.79 Å². The minimum atomic E-state index is -1.12. The van der Waals surface area contributed by atoms with Crippen LogP contribution in [0.5, 0.6) is 5.88 Å². The van der Waals surface area contributed by atoms with Crippen molar-refractivity contribution in [2.45, 2.75) is 18.5 Å². The Kier molecular flexibility index (Phi) is 9.30. The second kappa shape index (κ2) is 12.6. The Balaban J connectivity index is 1.71. The number of aliphatic carboxylic acids is 1. The first kappa shape index (κ1) is 25.1. The Morgan fingerprint density at radius 2 is 1.71 bits per heavy atom. The van der Waals surface area contributed by atoms with Gasteiger partial charge in [0.15, 0.2) is 6.61 Å². The molecule has 1 aromatic heterocycles. The van der Waals surface area contributed by atoms with Crippen LogP contribution in [0.25, 0.3) is 11.3 Å². The number of benzene rings is 2. The highest BCUT2D eigenvalue weighted by Gasteiger charge is 2.21. The van der Waals surface area contributed by atoms with E-state index in [2.05, 4.69) is 28.2 Å². The third kappa shape index (κ3) is 7.50. The van der Waals surface area contributed by atoms with Gasteiger partial charge in [-0.2, -0.15) is 12.6 Å². The molecule has 0 aliphatic carbocycles. The summed E-state index contributed by atoms with van der Waals surface area (Å²) in [5, 5.41) is 15.2. The standard InChI is InChI=1S/C25H28N4O4S/c26-19(16-34)14-27-21-12-11-20(18-9-5-2-6-10-18)29-24(21)33-15-23(30)28-22(25(31)32)13-17-7-3-1-4-8-17/h1-12,19,22,27,34H,13-16,26H2,(H,28,30)(H,31,32)/t19?,22-/m0/s1. The Morgan fingerprint density at radius 3 is 2.35 bits per heavy atom. The van der Waals surface area contributed by atoms with E-state index in [1.165, 1.54) is 0 Å². The van der Waals surface area contributed by atoms with Crippen molar-refractivity contribution in [3.8, 4) is 17.1 Å². The van der Waals surface area contributed by atoms with Crippen LogP contribution in [-0.2, 0) is 16.0 Å². The summed E-state index contributed by atoms with van der Waals surface area (Å²) in [5.41, 5.74) is 8.89. The molecule has 2 atom stereocenters. The van der Waals surface area contributed by atoms with Crippen molar-refractivity contribution in [1.29, 1.82) is 0 Å². The van der Waals surface area contributed by atoms with Gasteiger partial charge in [0.25, 0.3) is 5.91 Å². The van der Waals surface area contributed by atoms with Crippen molar-refractivity contribution < 1.29 is 19.4 Å². The molecular weight excluding hydrogens is 452 g/mol. The average Bonchev–Trinajstić information content (AvgIpc) is 2.86. The van der Waals surface area contributed by atoms with E-state index in [1.54, 1.807) is 0 Å². The molecule has 1 unspecified atom stereocenters. The number of carbonyl (C=O) groups excluding carboxylic acids is 1. The lowest BCUT2D eigenvalue weighted by Crippen LogP contribution is -2.44. The molecule has 1 amide bonds. The first-order chi connectivity index (χ1) is 16.5. The van der Waals surface area contributed by atoms with Crippen LogP contribution < -0.4 is 21.1 Å². The number of nitrogens with zero attached hydrogens (tertiary/aromatic N) is 1. The summed E-state index contributed by atoms with van der Waals surface area (Å²) >= 11 is 4.19. The summed E-state index contributed by atoms with van der Waals surface area (Å²) in [7, 11) is 0. The molecule has 0 aliphatic rings. The van der Waals surface area contributed by atoms with E-state index >= 15 is 0 Å². The Bertz CT molecular complexity index is 1080. The first-order valence-corrected chi connectivity index (χ1v) is 11.4. The van der Waals surface area contributed by atoms with Gasteiger partial charge in [0.1, 0.15) is 6.04 Å². The van der Waals surface area contributed by atoms with Crippen LogP contribution in [0.15, 0.2) is 72.8 Å². The van der Waals surface area contributed by atoms with Gasteiger partial charge < -0.3 is 26.2 Å². The molecule has 0 bridgehead atoms. The zero-order valence-corrected chi connectivity index (χ0v) is 19.4. The van der Waals surface area contributed by atoms with Gasteiger partial charge in [0.05, 0.1) is 11.4 Å². The molecule has 0 aliphatic heterocycles. The number of aromatic nitrogens is 1. The number of hydrogen-bond acceptors (Lipinski definition) is 7. The third-order valence-corrected chi connectivity index (χ3v) is 5.44. The van der Waals surface area contributed by atoms with Crippen molar-refractivity contribution >= 4 is 30.2 Å². The lowest BCUT2D eigenvalue weighted by Gasteiger charge is -2.17. The van der Waals surface area contributed by atoms with Crippen molar-refractivity contribution in [3.05, 3.63) is 78.4 Å². The highest BCUT2D eigenvalue weighted by molar-refractivity contribution is 7.80. The zero-order valence-electron chi connectivity index (χ0n) is 18.6. The summed E-state index contributed by atoms with van der Waals surface area (Å²) in [6, 6.07) is 21.1. The van der Waals surface area contributed by atoms with Gasteiger partial charge in [0, 0.05) is 30.3 Å². The zero-order chi connectivity index (χ0) is 24.3. The summed E-state index contributed by atoms with van der Waals surface area (Å²) in [4.78, 5) is 28.7. The van der Waals surface area contributed by atoms with E-state index in [9.17, 15) is 14.7 Å². The van der Waals surface area contributed by atoms with E-state index in [-0.39, 0.29) is 18.3 Å². The number of carboxylic acids is 1. The number of rotatable bonds is 12. The predicted octanol–water partition coefficient (Wildman–Crippen LogP) is 2.61. The van der Waals surface area contributed by atoms with Crippen molar-refractivity contribution in [2.75, 3.05) is 24.2 Å². The maximum Gasteiger partial charge on any atom is 0.326 e. The van der Waals surface area contributed by atoms with Crippen LogP contribution in [-0.4, -0.2) is 53.0 Å². The van der Waals surface area contributed by atoms with Crippen LogP contribution in [0.1, 0.15) is 5.56 Å². The molecule has 8 nitrogen and oxygen atoms in total. The maximum atomic E-state index is 12.5. The van der Waals surface area contributed by atoms with E-state index in [1.807, 2.05) is 72.8 Å². The molecule has 3 rings (SSSR count). The predicted molar refractivity (Wildman–Crippen MR) is 135 cm³/mol. The number of anilines is 1. The normalized spacial score (nSPS) is 12.4. The Morgan fingerprint density at radius 1 is 1.03 bits per heavy atom. The fourth-order valence-electron chi connectivity index (χ4n) is 3.18. The summed E-state index contributed by atoms with van der Waals surface area (Å²) in [6.07, 6.45) is 0.165. The SMILES string of the molecule is NC(CS)CNc1ccc(-c2ccccc2)nc1OCC(=O)N[C@@H](Cc1ccccc1)C(=O)O. The van der Waals surface area contributed by atoms with Gasteiger partial charge in [-0.05, 0) is 17.7 Å². The Labute approximate surface area is 204 Å². The second-order valence-electron chi connectivity index (χ2n) is 7.68. The smallest absolute Gasteiger partial charge is 0.326 e. The van der Waals surface area contributed by atoms with Crippen LogP contribution in [0.4, 0.5) is 5.69 Å². The minimum Gasteiger partial charge on any atom is -0.480 e. The van der Waals surface area contributed by atoms with Crippen LogP contribution in [0.2, 0.25) is 0 Å². The molecule has 178 valence electrons. The number of carbonyl (C=O) groups is 2.